The molecule has 0 radical (unpaired) electrons. The summed E-state index contributed by atoms with van der Waals surface area (Å²) in [4.78, 5) is 7.22. The van der Waals surface area contributed by atoms with Crippen molar-refractivity contribution in [1.82, 2.24) is 15.5 Å². The summed E-state index contributed by atoms with van der Waals surface area (Å²) in [7, 11) is 2.21. The van der Waals surface area contributed by atoms with Gasteiger partial charge >= 0.3 is 0 Å². The van der Waals surface area contributed by atoms with Crippen LogP contribution in [0.3, 0.4) is 0 Å². The van der Waals surface area contributed by atoms with Crippen LogP contribution in [0, 0.1) is 11.8 Å². The first-order valence-electron chi connectivity index (χ1n) is 8.74. The lowest BCUT2D eigenvalue weighted by Gasteiger charge is -2.28. The number of nitrogens with one attached hydrogen (secondary N) is 2. The van der Waals surface area contributed by atoms with E-state index in [1.165, 1.54) is 38.8 Å². The van der Waals surface area contributed by atoms with E-state index in [2.05, 4.69) is 50.3 Å². The van der Waals surface area contributed by atoms with Crippen molar-refractivity contribution in [3.8, 4) is 0 Å². The Morgan fingerprint density at radius 3 is 2.43 bits per heavy atom. The molecule has 0 spiro atoms. The summed E-state index contributed by atoms with van der Waals surface area (Å²) in [5, 5.41) is 6.93. The number of piperidine rings is 1. The molecular weight excluding hydrogens is 260 g/mol. The highest BCUT2D eigenvalue weighted by Crippen LogP contribution is 2.16. The predicted molar refractivity (Wildman–Crippen MR) is 92.9 cm³/mol. The highest BCUT2D eigenvalue weighted by atomic mass is 15.2. The van der Waals surface area contributed by atoms with Crippen LogP contribution in [0.5, 0.6) is 0 Å². The molecule has 1 aliphatic rings. The molecule has 0 bridgehead atoms. The summed E-state index contributed by atoms with van der Waals surface area (Å²) in [6, 6.07) is 0.489. The average Bonchev–Trinajstić information content (AvgIpc) is 2.44. The maximum absolute atomic E-state index is 4.81. The largest absolute Gasteiger partial charge is 0.357 e. The molecule has 0 saturated carbocycles. The summed E-state index contributed by atoms with van der Waals surface area (Å²) >= 11 is 0. The van der Waals surface area contributed by atoms with E-state index in [4.69, 9.17) is 4.99 Å². The fourth-order valence-corrected chi connectivity index (χ4v) is 2.67. The summed E-state index contributed by atoms with van der Waals surface area (Å²) < 4.78 is 0. The Bertz CT molecular complexity index is 293. The molecule has 1 aliphatic heterocycles. The number of guanidine groups is 1. The summed E-state index contributed by atoms with van der Waals surface area (Å²) in [5.41, 5.74) is 0. The van der Waals surface area contributed by atoms with E-state index in [0.29, 0.717) is 6.04 Å². The maximum Gasteiger partial charge on any atom is 0.191 e. The Kier molecular flexibility index (Phi) is 8.74. The van der Waals surface area contributed by atoms with Gasteiger partial charge in [-0.2, -0.15) is 0 Å². The first kappa shape index (κ1) is 18.3. The van der Waals surface area contributed by atoms with Crippen molar-refractivity contribution in [3.05, 3.63) is 0 Å². The fourth-order valence-electron chi connectivity index (χ4n) is 2.67. The van der Waals surface area contributed by atoms with E-state index in [9.17, 15) is 0 Å². The third-order valence-corrected chi connectivity index (χ3v) is 4.25. The zero-order valence-corrected chi connectivity index (χ0v) is 14.8. The second-order valence-corrected chi connectivity index (χ2v) is 6.98. The van der Waals surface area contributed by atoms with Crippen LogP contribution in [-0.2, 0) is 0 Å². The zero-order valence-electron chi connectivity index (χ0n) is 14.8. The monoisotopic (exact) mass is 296 g/mol. The maximum atomic E-state index is 4.81. The second-order valence-electron chi connectivity index (χ2n) is 6.98. The van der Waals surface area contributed by atoms with Crippen LogP contribution in [0.15, 0.2) is 4.99 Å². The molecule has 0 aromatic heterocycles. The number of likely N-dealkylation sites (tertiary alicyclic amines) is 1. The Hall–Kier alpha value is -0.770. The SMILES string of the molecule is CCNC(=NCC1CCN(C)CC1)NC(C)CCC(C)C. The third-order valence-electron chi connectivity index (χ3n) is 4.25. The molecule has 21 heavy (non-hydrogen) atoms. The molecule has 1 fully saturated rings. The smallest absolute Gasteiger partial charge is 0.191 e. The molecule has 0 aliphatic carbocycles. The quantitative estimate of drug-likeness (QED) is 0.560. The van der Waals surface area contributed by atoms with Gasteiger partial charge in [0.15, 0.2) is 5.96 Å². The van der Waals surface area contributed by atoms with E-state index in [1.807, 2.05) is 0 Å². The van der Waals surface area contributed by atoms with Crippen LogP contribution in [0.1, 0.15) is 53.4 Å². The predicted octanol–water partition coefficient (Wildman–Crippen LogP) is 2.71. The molecule has 124 valence electrons. The number of aliphatic imine (C=N–C) groups is 1. The average molecular weight is 297 g/mol. The van der Waals surface area contributed by atoms with Gasteiger partial charge in [0.2, 0.25) is 0 Å². The minimum absolute atomic E-state index is 0.489. The van der Waals surface area contributed by atoms with Crippen molar-refractivity contribution in [1.29, 1.82) is 0 Å². The zero-order chi connectivity index (χ0) is 15.7. The van der Waals surface area contributed by atoms with Crippen LogP contribution >= 0.6 is 0 Å². The number of hydrogen-bond donors (Lipinski definition) is 2. The summed E-state index contributed by atoms with van der Waals surface area (Å²) in [6.45, 7) is 13.3. The highest BCUT2D eigenvalue weighted by molar-refractivity contribution is 5.80. The van der Waals surface area contributed by atoms with E-state index in [1.54, 1.807) is 0 Å². The molecule has 0 amide bonds. The van der Waals surface area contributed by atoms with Crippen molar-refractivity contribution >= 4 is 5.96 Å². The molecule has 0 aromatic rings. The lowest BCUT2D eigenvalue weighted by atomic mass is 9.97. The standard InChI is InChI=1S/C17H36N4/c1-6-18-17(20-15(4)8-7-14(2)3)19-13-16-9-11-21(5)12-10-16/h14-16H,6-13H2,1-5H3,(H2,18,19,20). The number of hydrogen-bond acceptors (Lipinski definition) is 2. The number of rotatable bonds is 7. The third kappa shape index (κ3) is 8.30. The van der Waals surface area contributed by atoms with Crippen molar-refractivity contribution in [3.63, 3.8) is 0 Å². The van der Waals surface area contributed by atoms with Crippen molar-refractivity contribution in [2.24, 2.45) is 16.8 Å². The van der Waals surface area contributed by atoms with E-state index < -0.39 is 0 Å². The minimum atomic E-state index is 0.489. The topological polar surface area (TPSA) is 39.7 Å². The van der Waals surface area contributed by atoms with Crippen molar-refractivity contribution in [2.45, 2.75) is 59.4 Å². The molecule has 4 nitrogen and oxygen atoms in total. The number of nitrogens with zero attached hydrogens (tertiary/aromatic N) is 2. The molecule has 4 heteroatoms. The molecule has 2 N–H and O–H groups in total. The van der Waals surface area contributed by atoms with Crippen LogP contribution in [-0.4, -0.2) is 50.1 Å². The molecule has 1 atom stereocenters. The van der Waals surface area contributed by atoms with Gasteiger partial charge in [-0.25, -0.2) is 0 Å². The van der Waals surface area contributed by atoms with Gasteiger partial charge in [0.1, 0.15) is 0 Å². The molecule has 0 aromatic carbocycles. The van der Waals surface area contributed by atoms with Crippen LogP contribution in [0.2, 0.25) is 0 Å². The van der Waals surface area contributed by atoms with Gasteiger partial charge in [0.05, 0.1) is 0 Å². The van der Waals surface area contributed by atoms with Gasteiger partial charge in [-0.15, -0.1) is 0 Å². The van der Waals surface area contributed by atoms with E-state index in [-0.39, 0.29) is 0 Å². The van der Waals surface area contributed by atoms with Gasteiger partial charge in [-0.05, 0) is 71.5 Å². The van der Waals surface area contributed by atoms with Crippen LogP contribution in [0.25, 0.3) is 0 Å². The van der Waals surface area contributed by atoms with E-state index in [0.717, 1.165) is 30.9 Å². The Morgan fingerprint density at radius 1 is 1.19 bits per heavy atom. The summed E-state index contributed by atoms with van der Waals surface area (Å²) in [6.07, 6.45) is 5.03. The van der Waals surface area contributed by atoms with Gasteiger partial charge in [0.25, 0.3) is 0 Å². The molecule has 1 rings (SSSR count). The van der Waals surface area contributed by atoms with Crippen molar-refractivity contribution < 1.29 is 0 Å². The molecule has 1 unspecified atom stereocenters. The highest BCUT2D eigenvalue weighted by Gasteiger charge is 2.16. The first-order valence-corrected chi connectivity index (χ1v) is 8.74. The Balaban J connectivity index is 2.38. The van der Waals surface area contributed by atoms with Gasteiger partial charge in [0, 0.05) is 19.1 Å². The fraction of sp³-hybridized carbons (Fsp3) is 0.941. The van der Waals surface area contributed by atoms with Crippen LogP contribution in [0.4, 0.5) is 0 Å². The summed E-state index contributed by atoms with van der Waals surface area (Å²) in [5.74, 6) is 2.52. The van der Waals surface area contributed by atoms with Crippen LogP contribution < -0.4 is 10.6 Å². The van der Waals surface area contributed by atoms with Gasteiger partial charge in [-0.1, -0.05) is 13.8 Å². The Labute approximate surface area is 131 Å². The normalized spacial score (nSPS) is 19.8. The minimum Gasteiger partial charge on any atom is -0.357 e. The molecule has 1 saturated heterocycles. The molecule has 1 heterocycles. The molecular formula is C17H36N4. The lowest BCUT2D eigenvalue weighted by molar-refractivity contribution is 0.223. The Morgan fingerprint density at radius 2 is 1.86 bits per heavy atom. The van der Waals surface area contributed by atoms with Gasteiger partial charge in [-0.3, -0.25) is 4.99 Å². The first-order chi connectivity index (χ1) is 10.0. The van der Waals surface area contributed by atoms with Crippen molar-refractivity contribution in [2.75, 3.05) is 33.2 Å². The second kappa shape index (κ2) is 10.0. The lowest BCUT2D eigenvalue weighted by Crippen LogP contribution is -2.42. The van der Waals surface area contributed by atoms with Gasteiger partial charge < -0.3 is 15.5 Å². The van der Waals surface area contributed by atoms with E-state index >= 15 is 0 Å².